The molecule has 8 nitrogen and oxygen atoms in total. The van der Waals surface area contributed by atoms with Crippen LogP contribution in [0.15, 0.2) is 24.3 Å². The summed E-state index contributed by atoms with van der Waals surface area (Å²) in [6.45, 7) is 21.4. The summed E-state index contributed by atoms with van der Waals surface area (Å²) in [5.74, 6) is -0.382. The quantitative estimate of drug-likeness (QED) is 0.295. The van der Waals surface area contributed by atoms with Crippen molar-refractivity contribution in [3.8, 4) is 0 Å². The van der Waals surface area contributed by atoms with E-state index >= 15 is 0 Å². The molecule has 220 valence electrons. The number of hydrogen-bond donors (Lipinski definition) is 1. The van der Waals surface area contributed by atoms with Gasteiger partial charge in [-0.25, -0.2) is 9.69 Å². The zero-order valence-electron chi connectivity index (χ0n) is 25.8. The summed E-state index contributed by atoms with van der Waals surface area (Å²) in [6, 6.07) is 7.39. The first-order valence-electron chi connectivity index (χ1n) is 14.9. The van der Waals surface area contributed by atoms with Crippen LogP contribution in [0.3, 0.4) is 0 Å². The van der Waals surface area contributed by atoms with Crippen LogP contribution in [0.1, 0.15) is 98.2 Å². The molecule has 4 amide bonds. The highest BCUT2D eigenvalue weighted by Crippen LogP contribution is 2.47. The van der Waals surface area contributed by atoms with Gasteiger partial charge in [0.2, 0.25) is 5.91 Å². The van der Waals surface area contributed by atoms with Gasteiger partial charge in [0, 0.05) is 19.6 Å². The van der Waals surface area contributed by atoms with Gasteiger partial charge >= 0.3 is 6.03 Å². The van der Waals surface area contributed by atoms with Gasteiger partial charge in [-0.15, -0.1) is 0 Å². The number of carbonyl (C=O) groups is 3. The van der Waals surface area contributed by atoms with E-state index in [1.54, 1.807) is 18.7 Å². The number of likely N-dealkylation sites (tertiary alicyclic amines) is 1. The minimum atomic E-state index is -1.21. The van der Waals surface area contributed by atoms with Crippen LogP contribution in [0.2, 0.25) is 0 Å². The molecule has 0 aromatic heterocycles. The SMILES string of the molecule is CCC[C@@H](NC(=O)N1C(=O)C(CC)(CC)[C@@H]1OC(C)(C)C(=O)N(CC)CCN(CC)CC)c1ccc(C)cc1. The summed E-state index contributed by atoms with van der Waals surface area (Å²) in [6.07, 6.45) is 1.86. The number of likely N-dealkylation sites (N-methyl/N-ethyl adjacent to an activating group) is 2. The van der Waals surface area contributed by atoms with Crippen molar-refractivity contribution in [2.45, 2.75) is 106 Å². The van der Waals surface area contributed by atoms with Gasteiger partial charge in [0.05, 0.1) is 11.5 Å². The van der Waals surface area contributed by atoms with Gasteiger partial charge in [-0.05, 0) is 65.6 Å². The van der Waals surface area contributed by atoms with E-state index in [0.29, 0.717) is 25.9 Å². The molecule has 8 heteroatoms. The Morgan fingerprint density at radius 3 is 2.08 bits per heavy atom. The second-order valence-corrected chi connectivity index (χ2v) is 11.1. The Morgan fingerprint density at radius 1 is 1.00 bits per heavy atom. The smallest absolute Gasteiger partial charge is 0.326 e. The number of carbonyl (C=O) groups excluding carboxylic acids is 3. The summed E-state index contributed by atoms with van der Waals surface area (Å²) in [5, 5.41) is 3.08. The number of imide groups is 1. The average molecular weight is 545 g/mol. The predicted molar refractivity (Wildman–Crippen MR) is 156 cm³/mol. The zero-order chi connectivity index (χ0) is 29.4. The van der Waals surface area contributed by atoms with Gasteiger partial charge in [0.1, 0.15) is 5.60 Å². The number of urea groups is 1. The third-order valence-corrected chi connectivity index (χ3v) is 8.36. The molecule has 1 aromatic rings. The lowest BCUT2D eigenvalue weighted by molar-refractivity contribution is -0.238. The van der Waals surface area contributed by atoms with Crippen molar-refractivity contribution in [1.29, 1.82) is 0 Å². The molecule has 1 saturated heterocycles. The summed E-state index contributed by atoms with van der Waals surface area (Å²) in [5.41, 5.74) is 0.101. The molecule has 1 aliphatic rings. The van der Waals surface area contributed by atoms with E-state index in [-0.39, 0.29) is 17.9 Å². The Bertz CT molecular complexity index is 954. The van der Waals surface area contributed by atoms with Crippen LogP contribution in [-0.2, 0) is 14.3 Å². The van der Waals surface area contributed by atoms with Crippen molar-refractivity contribution in [2.24, 2.45) is 5.41 Å². The van der Waals surface area contributed by atoms with Gasteiger partial charge in [-0.3, -0.25) is 9.59 Å². The van der Waals surface area contributed by atoms with Crippen LogP contribution >= 0.6 is 0 Å². The van der Waals surface area contributed by atoms with Crippen molar-refractivity contribution in [2.75, 3.05) is 32.7 Å². The predicted octanol–water partition coefficient (Wildman–Crippen LogP) is 5.51. The minimum Gasteiger partial charge on any atom is -0.341 e. The lowest BCUT2D eigenvalue weighted by Crippen LogP contribution is -2.74. The number of β-lactam (4-membered cyclic amide) rings is 1. The number of nitrogens with one attached hydrogen (secondary N) is 1. The molecule has 1 heterocycles. The van der Waals surface area contributed by atoms with Crippen LogP contribution < -0.4 is 5.32 Å². The molecule has 0 saturated carbocycles. The topological polar surface area (TPSA) is 82.2 Å². The van der Waals surface area contributed by atoms with Gasteiger partial charge in [-0.1, -0.05) is 70.9 Å². The van der Waals surface area contributed by atoms with Crippen LogP contribution in [0.25, 0.3) is 0 Å². The first-order chi connectivity index (χ1) is 18.5. The molecule has 0 unspecified atom stereocenters. The molecule has 1 fully saturated rings. The number of nitrogens with zero attached hydrogens (tertiary/aromatic N) is 3. The maximum Gasteiger partial charge on any atom is 0.326 e. The molecule has 2 rings (SSSR count). The van der Waals surface area contributed by atoms with Crippen molar-refractivity contribution >= 4 is 17.8 Å². The Balaban J connectivity index is 2.28. The zero-order valence-corrected chi connectivity index (χ0v) is 25.8. The monoisotopic (exact) mass is 544 g/mol. The lowest BCUT2D eigenvalue weighted by atomic mass is 9.71. The molecule has 39 heavy (non-hydrogen) atoms. The van der Waals surface area contributed by atoms with E-state index in [0.717, 1.165) is 43.6 Å². The molecular weight excluding hydrogens is 492 g/mol. The highest BCUT2D eigenvalue weighted by Gasteiger charge is 2.63. The summed E-state index contributed by atoms with van der Waals surface area (Å²) in [7, 11) is 0. The van der Waals surface area contributed by atoms with E-state index < -0.39 is 23.3 Å². The van der Waals surface area contributed by atoms with Crippen molar-refractivity contribution in [1.82, 2.24) is 20.0 Å². The molecule has 1 aliphatic heterocycles. The Morgan fingerprint density at radius 2 is 1.59 bits per heavy atom. The molecule has 0 bridgehead atoms. The Hall–Kier alpha value is -2.45. The van der Waals surface area contributed by atoms with Crippen molar-refractivity contribution < 1.29 is 19.1 Å². The van der Waals surface area contributed by atoms with E-state index in [2.05, 4.69) is 31.0 Å². The van der Waals surface area contributed by atoms with Crippen molar-refractivity contribution in [3.63, 3.8) is 0 Å². The first-order valence-corrected chi connectivity index (χ1v) is 14.9. The number of ether oxygens (including phenoxy) is 1. The molecule has 0 spiro atoms. The second-order valence-electron chi connectivity index (χ2n) is 11.1. The maximum absolute atomic E-state index is 13.7. The number of aryl methyl sites for hydroxylation is 1. The van der Waals surface area contributed by atoms with Crippen LogP contribution in [-0.4, -0.2) is 77.1 Å². The van der Waals surface area contributed by atoms with E-state index in [1.807, 2.05) is 52.0 Å². The fourth-order valence-corrected chi connectivity index (χ4v) is 5.44. The largest absolute Gasteiger partial charge is 0.341 e. The highest BCUT2D eigenvalue weighted by molar-refractivity contribution is 6.03. The van der Waals surface area contributed by atoms with Crippen LogP contribution in [0.5, 0.6) is 0 Å². The fourth-order valence-electron chi connectivity index (χ4n) is 5.44. The number of amides is 4. The van der Waals surface area contributed by atoms with Crippen LogP contribution in [0.4, 0.5) is 4.79 Å². The summed E-state index contributed by atoms with van der Waals surface area (Å²) >= 11 is 0. The minimum absolute atomic E-state index is 0.138. The van der Waals surface area contributed by atoms with Gasteiger partial charge < -0.3 is 19.9 Å². The molecule has 2 atom stereocenters. The molecule has 1 aromatic carbocycles. The highest BCUT2D eigenvalue weighted by atomic mass is 16.5. The van der Waals surface area contributed by atoms with Crippen molar-refractivity contribution in [3.05, 3.63) is 35.4 Å². The second kappa shape index (κ2) is 14.3. The number of rotatable bonds is 15. The molecule has 0 aliphatic carbocycles. The fraction of sp³-hybridized carbons (Fsp3) is 0.710. The summed E-state index contributed by atoms with van der Waals surface area (Å²) in [4.78, 5) is 46.0. The molecule has 0 radical (unpaired) electrons. The third-order valence-electron chi connectivity index (χ3n) is 8.36. The van der Waals surface area contributed by atoms with Gasteiger partial charge in [-0.2, -0.15) is 0 Å². The standard InChI is InChI=1S/C31H52N4O4/c1-10-16-25(24-19-17-23(7)18-20-24)32-29(38)35-27(37)31(11-2,12-3)28(35)39-30(8,9)26(36)34(15-6)22-21-33(13-4)14-5/h17-20,25,28H,10-16,21-22H2,1-9H3,(H,32,38)/t25-,28+/m1/s1. The lowest BCUT2D eigenvalue weighted by Gasteiger charge is -2.55. The Kier molecular flexibility index (Phi) is 12.0. The van der Waals surface area contributed by atoms with E-state index in [9.17, 15) is 14.4 Å². The molecule has 1 N–H and O–H groups in total. The number of benzene rings is 1. The van der Waals surface area contributed by atoms with Gasteiger partial charge in [0.15, 0.2) is 6.23 Å². The maximum atomic E-state index is 13.7. The average Bonchev–Trinajstić information content (AvgIpc) is 2.91. The molecular formula is C31H52N4O4. The Labute approximate surface area is 236 Å². The third kappa shape index (κ3) is 7.20. The first kappa shape index (κ1) is 32.8. The van der Waals surface area contributed by atoms with Crippen LogP contribution in [0, 0.1) is 12.3 Å². The van der Waals surface area contributed by atoms with Gasteiger partial charge in [0.25, 0.3) is 5.91 Å². The summed E-state index contributed by atoms with van der Waals surface area (Å²) < 4.78 is 6.48. The number of hydrogen-bond acceptors (Lipinski definition) is 5. The normalized spacial score (nSPS) is 17.6. The van der Waals surface area contributed by atoms with E-state index in [4.69, 9.17) is 4.74 Å². The van der Waals surface area contributed by atoms with E-state index in [1.165, 1.54) is 4.90 Å².